The summed E-state index contributed by atoms with van der Waals surface area (Å²) in [7, 11) is 0. The number of nitrogens with zero attached hydrogens (tertiary/aromatic N) is 1. The van der Waals surface area contributed by atoms with Gasteiger partial charge in [0.15, 0.2) is 0 Å². The van der Waals surface area contributed by atoms with Gasteiger partial charge < -0.3 is 10.4 Å². The third-order valence-corrected chi connectivity index (χ3v) is 5.54. The van der Waals surface area contributed by atoms with Gasteiger partial charge in [0.1, 0.15) is 5.75 Å². The normalized spacial score (nSPS) is 30.4. The fourth-order valence-electron chi connectivity index (χ4n) is 4.45. The van der Waals surface area contributed by atoms with E-state index in [1.54, 1.807) is 12.1 Å². The molecule has 0 radical (unpaired) electrons. The molecular weight excluding hydrogens is 304 g/mol. The first-order chi connectivity index (χ1) is 11.6. The Morgan fingerprint density at radius 1 is 1.12 bits per heavy atom. The van der Waals surface area contributed by atoms with Crippen LogP contribution in [0, 0.1) is 23.7 Å². The number of hydrogen-bond donors (Lipinski definition) is 2. The molecule has 2 fully saturated rings. The number of imide groups is 1. The summed E-state index contributed by atoms with van der Waals surface area (Å²) in [6, 6.07) is 7.14. The molecule has 0 unspecified atom stereocenters. The number of aromatic hydroxyl groups is 1. The number of benzene rings is 1. The Morgan fingerprint density at radius 2 is 1.83 bits per heavy atom. The Kier molecular flexibility index (Phi) is 3.88. The number of carbonyl (C=O) groups excluding carboxylic acids is 2. The molecule has 5 heteroatoms. The van der Waals surface area contributed by atoms with Gasteiger partial charge >= 0.3 is 0 Å². The van der Waals surface area contributed by atoms with Crippen molar-refractivity contribution in [1.82, 2.24) is 10.2 Å². The van der Waals surface area contributed by atoms with Crippen LogP contribution in [0.4, 0.5) is 0 Å². The number of phenolic OH excluding ortho intramolecular Hbond substituents is 1. The first-order valence-corrected chi connectivity index (χ1v) is 8.67. The van der Waals surface area contributed by atoms with E-state index in [1.807, 2.05) is 12.1 Å². The predicted molar refractivity (Wildman–Crippen MR) is 88.9 cm³/mol. The number of fused-ring (bicyclic) bond motifs is 5. The van der Waals surface area contributed by atoms with Crippen LogP contribution in [0.2, 0.25) is 0 Å². The maximum atomic E-state index is 12.5. The first kappa shape index (κ1) is 15.4. The summed E-state index contributed by atoms with van der Waals surface area (Å²) in [5.74, 6) is 0.721. The Labute approximate surface area is 141 Å². The maximum Gasteiger partial charge on any atom is 0.233 e. The molecule has 5 nitrogen and oxygen atoms in total. The van der Waals surface area contributed by atoms with Crippen molar-refractivity contribution in [3.8, 4) is 5.75 Å². The van der Waals surface area contributed by atoms with Gasteiger partial charge in [-0.1, -0.05) is 24.3 Å². The summed E-state index contributed by atoms with van der Waals surface area (Å²) in [4.78, 5) is 26.5. The average molecular weight is 326 g/mol. The van der Waals surface area contributed by atoms with Gasteiger partial charge in [0.05, 0.1) is 11.8 Å². The van der Waals surface area contributed by atoms with Crippen molar-refractivity contribution in [2.45, 2.75) is 19.4 Å². The molecule has 1 aromatic rings. The standard InChI is InChI=1S/C19H22N2O3/c22-15-4-1-3-12(9-15)11-20-7-2-8-21-18(23)16-13-5-6-14(10-13)17(16)19(21)24/h1,3-6,9,13-14,16-17,20,22H,2,7-8,10-11H2/t13-,14-,16+,17+/m0/s1. The molecule has 2 N–H and O–H groups in total. The van der Waals surface area contributed by atoms with Crippen molar-refractivity contribution >= 4 is 11.8 Å². The minimum Gasteiger partial charge on any atom is -0.508 e. The van der Waals surface area contributed by atoms with Crippen LogP contribution in [0.1, 0.15) is 18.4 Å². The van der Waals surface area contributed by atoms with Crippen molar-refractivity contribution in [3.05, 3.63) is 42.0 Å². The Bertz CT molecular complexity index is 670. The largest absolute Gasteiger partial charge is 0.508 e. The molecule has 1 aromatic carbocycles. The first-order valence-electron chi connectivity index (χ1n) is 8.67. The summed E-state index contributed by atoms with van der Waals surface area (Å²) in [6.07, 6.45) is 5.97. The number of carbonyl (C=O) groups is 2. The maximum absolute atomic E-state index is 12.5. The zero-order valence-electron chi connectivity index (χ0n) is 13.5. The van der Waals surface area contributed by atoms with Crippen molar-refractivity contribution in [2.24, 2.45) is 23.7 Å². The number of allylic oxidation sites excluding steroid dienone is 2. The van der Waals surface area contributed by atoms with Gasteiger partial charge in [-0.2, -0.15) is 0 Å². The van der Waals surface area contributed by atoms with Gasteiger partial charge in [0, 0.05) is 13.1 Å². The second-order valence-electron chi connectivity index (χ2n) is 7.03. The van der Waals surface area contributed by atoms with Crippen molar-refractivity contribution in [3.63, 3.8) is 0 Å². The molecule has 3 aliphatic rings. The molecule has 2 aliphatic carbocycles. The van der Waals surface area contributed by atoms with Crippen LogP contribution in [0.3, 0.4) is 0 Å². The number of amides is 2. The van der Waals surface area contributed by atoms with E-state index in [4.69, 9.17) is 0 Å². The minimum atomic E-state index is -0.0900. The Balaban J connectivity index is 1.25. The summed E-state index contributed by atoms with van der Waals surface area (Å²) < 4.78 is 0. The molecule has 1 saturated heterocycles. The topological polar surface area (TPSA) is 69.6 Å². The van der Waals surface area contributed by atoms with Gasteiger partial charge in [-0.05, 0) is 48.9 Å². The molecule has 1 heterocycles. The highest BCUT2D eigenvalue weighted by atomic mass is 16.3. The molecule has 1 saturated carbocycles. The van der Waals surface area contributed by atoms with Crippen molar-refractivity contribution in [1.29, 1.82) is 0 Å². The fourth-order valence-corrected chi connectivity index (χ4v) is 4.45. The van der Waals surface area contributed by atoms with Crippen LogP contribution in [-0.2, 0) is 16.1 Å². The van der Waals surface area contributed by atoms with Crippen LogP contribution in [0.15, 0.2) is 36.4 Å². The number of hydrogen-bond acceptors (Lipinski definition) is 4. The van der Waals surface area contributed by atoms with E-state index >= 15 is 0 Å². The molecule has 4 rings (SSSR count). The van der Waals surface area contributed by atoms with E-state index in [-0.39, 0.29) is 41.2 Å². The van der Waals surface area contributed by atoms with Crippen molar-refractivity contribution < 1.29 is 14.7 Å². The van der Waals surface area contributed by atoms with E-state index in [2.05, 4.69) is 17.5 Å². The smallest absolute Gasteiger partial charge is 0.233 e. The van der Waals surface area contributed by atoms with Gasteiger partial charge in [-0.3, -0.25) is 14.5 Å². The van der Waals surface area contributed by atoms with E-state index in [0.717, 1.165) is 24.9 Å². The highest BCUT2D eigenvalue weighted by molar-refractivity contribution is 6.06. The molecule has 24 heavy (non-hydrogen) atoms. The lowest BCUT2D eigenvalue weighted by molar-refractivity contribution is -0.140. The third-order valence-electron chi connectivity index (χ3n) is 5.54. The lowest BCUT2D eigenvalue weighted by Gasteiger charge is -2.17. The number of nitrogens with one attached hydrogen (secondary N) is 1. The lowest BCUT2D eigenvalue weighted by Crippen LogP contribution is -2.35. The van der Waals surface area contributed by atoms with Gasteiger partial charge in [0.2, 0.25) is 11.8 Å². The van der Waals surface area contributed by atoms with Crippen LogP contribution in [-0.4, -0.2) is 34.9 Å². The van der Waals surface area contributed by atoms with Gasteiger partial charge in [-0.15, -0.1) is 0 Å². The highest BCUT2D eigenvalue weighted by Gasteiger charge is 2.58. The number of phenols is 1. The summed E-state index contributed by atoms with van der Waals surface area (Å²) in [5.41, 5.74) is 1.01. The molecule has 2 bridgehead atoms. The molecule has 4 atom stereocenters. The van der Waals surface area contributed by atoms with Crippen LogP contribution < -0.4 is 5.32 Å². The second-order valence-corrected chi connectivity index (χ2v) is 7.03. The molecule has 2 amide bonds. The summed E-state index contributed by atoms with van der Waals surface area (Å²) in [5, 5.41) is 12.7. The van der Waals surface area contributed by atoms with Crippen LogP contribution >= 0.6 is 0 Å². The Hall–Kier alpha value is -2.14. The third kappa shape index (κ3) is 2.53. The summed E-state index contributed by atoms with van der Waals surface area (Å²) in [6.45, 7) is 1.89. The average Bonchev–Trinajstić information content (AvgIpc) is 3.23. The second kappa shape index (κ2) is 6.06. The van der Waals surface area contributed by atoms with E-state index < -0.39 is 0 Å². The predicted octanol–water partition coefficient (Wildman–Crippen LogP) is 1.68. The van der Waals surface area contributed by atoms with E-state index in [9.17, 15) is 14.7 Å². The number of rotatable bonds is 6. The van der Waals surface area contributed by atoms with E-state index in [1.165, 1.54) is 4.90 Å². The lowest BCUT2D eigenvalue weighted by atomic mass is 9.85. The fraction of sp³-hybridized carbons (Fsp3) is 0.474. The molecule has 1 aliphatic heterocycles. The minimum absolute atomic E-state index is 0.0369. The molecular formula is C19H22N2O3. The molecule has 0 spiro atoms. The quantitative estimate of drug-likeness (QED) is 0.474. The van der Waals surface area contributed by atoms with E-state index in [0.29, 0.717) is 13.1 Å². The summed E-state index contributed by atoms with van der Waals surface area (Å²) >= 11 is 0. The zero-order chi connectivity index (χ0) is 16.7. The van der Waals surface area contributed by atoms with Crippen LogP contribution in [0.5, 0.6) is 5.75 Å². The van der Waals surface area contributed by atoms with Gasteiger partial charge in [0.25, 0.3) is 0 Å². The Morgan fingerprint density at radius 3 is 2.50 bits per heavy atom. The molecule has 0 aromatic heterocycles. The number of likely N-dealkylation sites (tertiary alicyclic amines) is 1. The zero-order valence-corrected chi connectivity index (χ0v) is 13.5. The SMILES string of the molecule is O=C1[C@H]2[C@H](C(=O)N1CCCNCc1cccc(O)c1)[C@H]1C=C[C@H]2C1. The monoisotopic (exact) mass is 326 g/mol. The van der Waals surface area contributed by atoms with Gasteiger partial charge in [-0.25, -0.2) is 0 Å². The van der Waals surface area contributed by atoms with Crippen LogP contribution in [0.25, 0.3) is 0 Å². The highest BCUT2D eigenvalue weighted by Crippen LogP contribution is 2.52. The molecule has 126 valence electrons. The van der Waals surface area contributed by atoms with Crippen molar-refractivity contribution in [2.75, 3.05) is 13.1 Å².